The minimum Gasteiger partial charge on any atom is -0.465 e. The SMILES string of the molecule is COC(=O)N(CC1COCCN1C(=O)O)C1CC1. The van der Waals surface area contributed by atoms with Gasteiger partial charge in [-0.05, 0) is 12.8 Å². The lowest BCUT2D eigenvalue weighted by Gasteiger charge is -2.36. The van der Waals surface area contributed by atoms with E-state index in [9.17, 15) is 9.59 Å². The highest BCUT2D eigenvalue weighted by molar-refractivity contribution is 5.69. The molecule has 2 fully saturated rings. The van der Waals surface area contributed by atoms with Gasteiger partial charge < -0.3 is 19.5 Å². The number of morpholine rings is 1. The van der Waals surface area contributed by atoms with Crippen molar-refractivity contribution in [3.63, 3.8) is 0 Å². The van der Waals surface area contributed by atoms with Crippen LogP contribution in [-0.2, 0) is 9.47 Å². The lowest BCUT2D eigenvalue weighted by molar-refractivity contribution is -0.0118. The lowest BCUT2D eigenvalue weighted by atomic mass is 10.2. The second-order valence-electron chi connectivity index (χ2n) is 4.56. The molecule has 0 aromatic carbocycles. The number of carboxylic acid groups (broad SMARTS) is 1. The lowest BCUT2D eigenvalue weighted by Crippen LogP contribution is -2.54. The Hall–Kier alpha value is -1.50. The third kappa shape index (κ3) is 2.84. The van der Waals surface area contributed by atoms with Gasteiger partial charge in [-0.15, -0.1) is 0 Å². The summed E-state index contributed by atoms with van der Waals surface area (Å²) in [5.41, 5.74) is 0. The van der Waals surface area contributed by atoms with E-state index in [1.807, 2.05) is 0 Å². The number of carbonyl (C=O) groups excluding carboxylic acids is 1. The molecule has 7 nitrogen and oxygen atoms in total. The molecule has 0 spiro atoms. The molecule has 18 heavy (non-hydrogen) atoms. The van der Waals surface area contributed by atoms with Crippen molar-refractivity contribution in [3.8, 4) is 0 Å². The maximum Gasteiger partial charge on any atom is 0.409 e. The number of hydrogen-bond donors (Lipinski definition) is 1. The molecule has 1 atom stereocenters. The first kappa shape index (κ1) is 12.9. The molecule has 102 valence electrons. The van der Waals surface area contributed by atoms with E-state index >= 15 is 0 Å². The van der Waals surface area contributed by atoms with Crippen LogP contribution in [0, 0.1) is 0 Å². The fourth-order valence-corrected chi connectivity index (χ4v) is 2.16. The standard InChI is InChI=1S/C11H18N2O5/c1-17-11(16)13(8-2-3-8)6-9-7-18-5-4-12(9)10(14)15/h8-9H,2-7H2,1H3,(H,14,15). The molecule has 2 amide bonds. The molecule has 7 heteroatoms. The van der Waals surface area contributed by atoms with E-state index in [2.05, 4.69) is 0 Å². The van der Waals surface area contributed by atoms with E-state index in [1.165, 1.54) is 12.0 Å². The highest BCUT2D eigenvalue weighted by Crippen LogP contribution is 2.28. The van der Waals surface area contributed by atoms with Gasteiger partial charge in [0.25, 0.3) is 0 Å². The smallest absolute Gasteiger partial charge is 0.409 e. The molecule has 2 rings (SSSR count). The highest BCUT2D eigenvalue weighted by atomic mass is 16.5. The van der Waals surface area contributed by atoms with Crippen molar-refractivity contribution in [2.45, 2.75) is 24.9 Å². The Labute approximate surface area is 105 Å². The summed E-state index contributed by atoms with van der Waals surface area (Å²) in [6.45, 7) is 1.42. The Morgan fingerprint density at radius 3 is 2.78 bits per heavy atom. The van der Waals surface area contributed by atoms with Gasteiger partial charge in [0.05, 0.1) is 26.4 Å². The summed E-state index contributed by atoms with van der Waals surface area (Å²) in [7, 11) is 1.34. The van der Waals surface area contributed by atoms with Gasteiger partial charge in [0.1, 0.15) is 0 Å². The predicted molar refractivity (Wildman–Crippen MR) is 61.5 cm³/mol. The zero-order valence-corrected chi connectivity index (χ0v) is 10.4. The molecule has 2 aliphatic rings. The van der Waals surface area contributed by atoms with E-state index in [0.717, 1.165) is 12.8 Å². The van der Waals surface area contributed by atoms with Gasteiger partial charge in [0.15, 0.2) is 0 Å². The van der Waals surface area contributed by atoms with E-state index < -0.39 is 12.2 Å². The van der Waals surface area contributed by atoms with Crippen LogP contribution in [0.2, 0.25) is 0 Å². The van der Waals surface area contributed by atoms with Crippen molar-refractivity contribution in [3.05, 3.63) is 0 Å². The van der Waals surface area contributed by atoms with E-state index in [4.69, 9.17) is 14.6 Å². The highest BCUT2D eigenvalue weighted by Gasteiger charge is 2.37. The second kappa shape index (κ2) is 5.43. The molecule has 1 saturated heterocycles. The Balaban J connectivity index is 1.99. The first-order chi connectivity index (χ1) is 8.63. The first-order valence-corrected chi connectivity index (χ1v) is 6.05. The topological polar surface area (TPSA) is 79.3 Å². The Bertz CT molecular complexity index is 331. The van der Waals surface area contributed by atoms with Crippen LogP contribution in [0.5, 0.6) is 0 Å². The monoisotopic (exact) mass is 258 g/mol. The van der Waals surface area contributed by atoms with Crippen molar-refractivity contribution in [1.82, 2.24) is 9.80 Å². The molecule has 1 saturated carbocycles. The fraction of sp³-hybridized carbons (Fsp3) is 0.818. The van der Waals surface area contributed by atoms with E-state index in [-0.39, 0.29) is 12.1 Å². The molecule has 1 aliphatic carbocycles. The van der Waals surface area contributed by atoms with Crippen molar-refractivity contribution in [2.24, 2.45) is 0 Å². The molecule has 0 aromatic heterocycles. The zero-order valence-electron chi connectivity index (χ0n) is 10.4. The third-order valence-corrected chi connectivity index (χ3v) is 3.28. The first-order valence-electron chi connectivity index (χ1n) is 6.05. The summed E-state index contributed by atoms with van der Waals surface area (Å²) in [6.07, 6.45) is 0.545. The number of nitrogens with zero attached hydrogens (tertiary/aromatic N) is 2. The number of hydrogen-bond acceptors (Lipinski definition) is 4. The van der Waals surface area contributed by atoms with Crippen LogP contribution in [0.25, 0.3) is 0 Å². The van der Waals surface area contributed by atoms with Gasteiger partial charge in [0, 0.05) is 19.1 Å². The number of amides is 2. The van der Waals surface area contributed by atoms with Gasteiger partial charge in [-0.3, -0.25) is 4.90 Å². The quantitative estimate of drug-likeness (QED) is 0.801. The summed E-state index contributed by atoms with van der Waals surface area (Å²) in [4.78, 5) is 25.7. The number of methoxy groups -OCH3 is 1. The summed E-state index contributed by atoms with van der Waals surface area (Å²) in [5, 5.41) is 9.11. The molecule has 1 unspecified atom stereocenters. The molecular weight excluding hydrogens is 240 g/mol. The van der Waals surface area contributed by atoms with Gasteiger partial charge in [0.2, 0.25) is 0 Å². The van der Waals surface area contributed by atoms with Gasteiger partial charge in [-0.1, -0.05) is 0 Å². The van der Waals surface area contributed by atoms with Gasteiger partial charge >= 0.3 is 12.2 Å². The molecule has 1 aliphatic heterocycles. The number of carbonyl (C=O) groups is 2. The normalized spacial score (nSPS) is 23.6. The maximum absolute atomic E-state index is 11.6. The van der Waals surface area contributed by atoms with Crippen LogP contribution in [0.15, 0.2) is 0 Å². The van der Waals surface area contributed by atoms with Crippen molar-refractivity contribution >= 4 is 12.2 Å². The largest absolute Gasteiger partial charge is 0.465 e. The van der Waals surface area contributed by atoms with Crippen molar-refractivity contribution in [2.75, 3.05) is 33.4 Å². The summed E-state index contributed by atoms with van der Waals surface area (Å²) in [5.74, 6) is 0. The summed E-state index contributed by atoms with van der Waals surface area (Å²) in [6, 6.07) is -0.119. The van der Waals surface area contributed by atoms with Crippen molar-refractivity contribution < 1.29 is 24.2 Å². The van der Waals surface area contributed by atoms with Crippen LogP contribution < -0.4 is 0 Å². The van der Waals surface area contributed by atoms with Crippen LogP contribution in [0.1, 0.15) is 12.8 Å². The maximum atomic E-state index is 11.6. The molecule has 0 bridgehead atoms. The van der Waals surface area contributed by atoms with Crippen LogP contribution in [0.3, 0.4) is 0 Å². The summed E-state index contributed by atoms with van der Waals surface area (Å²) < 4.78 is 10.0. The minimum absolute atomic E-state index is 0.190. The zero-order chi connectivity index (χ0) is 13.1. The molecule has 1 heterocycles. The summed E-state index contributed by atoms with van der Waals surface area (Å²) >= 11 is 0. The molecular formula is C11H18N2O5. The van der Waals surface area contributed by atoms with Gasteiger partial charge in [-0.2, -0.15) is 0 Å². The Kier molecular flexibility index (Phi) is 3.90. The number of ether oxygens (including phenoxy) is 2. The molecule has 0 radical (unpaired) electrons. The Morgan fingerprint density at radius 1 is 1.50 bits per heavy atom. The average molecular weight is 258 g/mol. The number of rotatable bonds is 3. The third-order valence-electron chi connectivity index (χ3n) is 3.28. The second-order valence-corrected chi connectivity index (χ2v) is 4.56. The van der Waals surface area contributed by atoms with E-state index in [0.29, 0.717) is 26.3 Å². The van der Waals surface area contributed by atoms with Crippen LogP contribution >= 0.6 is 0 Å². The molecule has 0 aromatic rings. The van der Waals surface area contributed by atoms with Crippen LogP contribution in [0.4, 0.5) is 9.59 Å². The Morgan fingerprint density at radius 2 is 2.22 bits per heavy atom. The fourth-order valence-electron chi connectivity index (χ4n) is 2.16. The van der Waals surface area contributed by atoms with Crippen molar-refractivity contribution in [1.29, 1.82) is 0 Å². The van der Waals surface area contributed by atoms with Gasteiger partial charge in [-0.25, -0.2) is 9.59 Å². The molecule has 1 N–H and O–H groups in total. The minimum atomic E-state index is -0.969. The van der Waals surface area contributed by atoms with Crippen LogP contribution in [-0.4, -0.2) is 72.6 Å². The van der Waals surface area contributed by atoms with E-state index in [1.54, 1.807) is 4.90 Å². The average Bonchev–Trinajstić information content (AvgIpc) is 3.19. The predicted octanol–water partition coefficient (Wildman–Crippen LogP) is 0.596.